The maximum atomic E-state index is 6.96. The molecule has 0 fully saturated rings. The number of rotatable bonds is 6. The van der Waals surface area contributed by atoms with Crippen molar-refractivity contribution < 1.29 is 4.42 Å². The summed E-state index contributed by atoms with van der Waals surface area (Å²) in [6.45, 7) is 0. The minimum absolute atomic E-state index is 0.883. The van der Waals surface area contributed by atoms with E-state index >= 15 is 0 Å². The van der Waals surface area contributed by atoms with Crippen LogP contribution in [0, 0.1) is 0 Å². The Morgan fingerprint density at radius 1 is 0.339 bits per heavy atom. The molecule has 0 N–H and O–H groups in total. The first kappa shape index (κ1) is 33.3. The largest absolute Gasteiger partial charge is 0.453 e. The van der Waals surface area contributed by atoms with E-state index in [-0.39, 0.29) is 0 Å². The van der Waals surface area contributed by atoms with Gasteiger partial charge in [0, 0.05) is 39.1 Å². The quantitative estimate of drug-likeness (QED) is 0.158. The number of aromatic nitrogens is 1. The molecule has 2 aromatic heterocycles. The van der Waals surface area contributed by atoms with Gasteiger partial charge in [0.15, 0.2) is 5.58 Å². The minimum atomic E-state index is 0.883. The van der Waals surface area contributed by atoms with Crippen molar-refractivity contribution in [3.05, 3.63) is 218 Å². The Balaban J connectivity index is 1.03. The standard InChI is InChI=1S/C56H36N2O/c1-2-17-42(18-3-1)58-53-26-9-8-22-51(53)56-54(58)52-25-12-24-50(55(52)59-56)40-16-10-19-44(35-40)57(45-33-34-49-41(36-45)28-27-38-14-5-7-21-47(38)49)43-31-29-39(30-32-43)48-23-11-15-37-13-4-6-20-46(37)48/h1-36H. The van der Waals surface area contributed by atoms with Crippen molar-refractivity contribution in [3.63, 3.8) is 0 Å². The smallest absolute Gasteiger partial charge is 0.161 e. The molecule has 276 valence electrons. The number of para-hydroxylation sites is 3. The van der Waals surface area contributed by atoms with Crippen LogP contribution < -0.4 is 4.90 Å². The van der Waals surface area contributed by atoms with Gasteiger partial charge < -0.3 is 13.9 Å². The fourth-order valence-corrected chi connectivity index (χ4v) is 9.23. The molecule has 12 rings (SSSR count). The van der Waals surface area contributed by atoms with Crippen LogP contribution >= 0.6 is 0 Å². The minimum Gasteiger partial charge on any atom is -0.453 e. The Morgan fingerprint density at radius 3 is 1.81 bits per heavy atom. The zero-order chi connectivity index (χ0) is 38.9. The van der Waals surface area contributed by atoms with Gasteiger partial charge in [-0.25, -0.2) is 0 Å². The van der Waals surface area contributed by atoms with E-state index in [0.29, 0.717) is 0 Å². The number of benzene rings is 10. The molecule has 0 saturated carbocycles. The van der Waals surface area contributed by atoms with Crippen LogP contribution in [0.2, 0.25) is 0 Å². The predicted octanol–water partition coefficient (Wildman–Crippen LogP) is 15.8. The van der Waals surface area contributed by atoms with E-state index in [9.17, 15) is 0 Å². The van der Waals surface area contributed by atoms with Crippen LogP contribution in [0.3, 0.4) is 0 Å². The van der Waals surface area contributed by atoms with Crippen LogP contribution in [0.1, 0.15) is 0 Å². The lowest BCUT2D eigenvalue weighted by Crippen LogP contribution is -2.10. The molecule has 2 heterocycles. The average molecular weight is 753 g/mol. The highest BCUT2D eigenvalue weighted by Crippen LogP contribution is 2.44. The second-order valence-electron chi connectivity index (χ2n) is 15.3. The summed E-state index contributed by atoms with van der Waals surface area (Å²) in [7, 11) is 0. The maximum absolute atomic E-state index is 6.96. The highest BCUT2D eigenvalue weighted by atomic mass is 16.3. The summed E-state index contributed by atoms with van der Waals surface area (Å²) in [6.07, 6.45) is 0. The third kappa shape index (κ3) is 5.36. The number of anilines is 3. The topological polar surface area (TPSA) is 21.3 Å². The lowest BCUT2D eigenvalue weighted by molar-refractivity contribution is 0.674. The Kier molecular flexibility index (Phi) is 7.54. The third-order valence-corrected chi connectivity index (χ3v) is 11.9. The first-order chi connectivity index (χ1) is 29.3. The molecule has 59 heavy (non-hydrogen) atoms. The first-order valence-corrected chi connectivity index (χ1v) is 20.2. The van der Waals surface area contributed by atoms with Gasteiger partial charge >= 0.3 is 0 Å². The van der Waals surface area contributed by atoms with E-state index in [2.05, 4.69) is 228 Å². The molecule has 0 aliphatic carbocycles. The van der Waals surface area contributed by atoms with Gasteiger partial charge in [0.05, 0.1) is 5.52 Å². The van der Waals surface area contributed by atoms with Gasteiger partial charge in [-0.15, -0.1) is 0 Å². The van der Waals surface area contributed by atoms with Crippen molar-refractivity contribution in [2.24, 2.45) is 0 Å². The van der Waals surface area contributed by atoms with Crippen molar-refractivity contribution in [1.82, 2.24) is 4.57 Å². The van der Waals surface area contributed by atoms with Gasteiger partial charge in [-0.2, -0.15) is 0 Å². The van der Waals surface area contributed by atoms with Crippen LogP contribution in [0.25, 0.3) is 93.2 Å². The molecule has 10 aromatic carbocycles. The third-order valence-electron chi connectivity index (χ3n) is 11.9. The highest BCUT2D eigenvalue weighted by molar-refractivity contribution is 6.18. The number of fused-ring (bicyclic) bond motifs is 9. The van der Waals surface area contributed by atoms with E-state index in [1.807, 2.05) is 0 Å². The predicted molar refractivity (Wildman–Crippen MR) is 249 cm³/mol. The van der Waals surface area contributed by atoms with E-state index in [1.165, 1.54) is 43.4 Å². The molecule has 0 unspecified atom stereocenters. The summed E-state index contributed by atoms with van der Waals surface area (Å²) in [4.78, 5) is 2.38. The molecule has 0 radical (unpaired) electrons. The molecule has 0 saturated heterocycles. The zero-order valence-electron chi connectivity index (χ0n) is 32.1. The molecule has 12 aromatic rings. The Hall–Kier alpha value is -7.88. The number of hydrogen-bond donors (Lipinski definition) is 0. The lowest BCUT2D eigenvalue weighted by atomic mass is 9.97. The Morgan fingerprint density at radius 2 is 0.949 bits per heavy atom. The Bertz CT molecular complexity index is 3550. The van der Waals surface area contributed by atoms with Gasteiger partial charge in [-0.3, -0.25) is 0 Å². The van der Waals surface area contributed by atoms with E-state index in [0.717, 1.165) is 66.8 Å². The number of furan rings is 1. The van der Waals surface area contributed by atoms with E-state index in [1.54, 1.807) is 0 Å². The fourth-order valence-electron chi connectivity index (χ4n) is 9.23. The summed E-state index contributed by atoms with van der Waals surface area (Å²) >= 11 is 0. The second-order valence-corrected chi connectivity index (χ2v) is 15.3. The first-order valence-electron chi connectivity index (χ1n) is 20.2. The van der Waals surface area contributed by atoms with Crippen LogP contribution in [0.4, 0.5) is 17.1 Å². The molecule has 0 atom stereocenters. The number of nitrogens with zero attached hydrogens (tertiary/aromatic N) is 2. The van der Waals surface area contributed by atoms with Crippen molar-refractivity contribution in [1.29, 1.82) is 0 Å². The van der Waals surface area contributed by atoms with Gasteiger partial charge in [0.2, 0.25) is 0 Å². The molecular weight excluding hydrogens is 717 g/mol. The van der Waals surface area contributed by atoms with Crippen LogP contribution in [-0.4, -0.2) is 4.57 Å². The monoisotopic (exact) mass is 752 g/mol. The van der Waals surface area contributed by atoms with Crippen molar-refractivity contribution in [3.8, 4) is 27.9 Å². The van der Waals surface area contributed by atoms with E-state index < -0.39 is 0 Å². The van der Waals surface area contributed by atoms with Crippen LogP contribution in [-0.2, 0) is 0 Å². The second kappa shape index (κ2) is 13.4. The number of hydrogen-bond acceptors (Lipinski definition) is 2. The maximum Gasteiger partial charge on any atom is 0.161 e. The summed E-state index contributed by atoms with van der Waals surface area (Å²) < 4.78 is 9.29. The van der Waals surface area contributed by atoms with Gasteiger partial charge in [-0.05, 0) is 116 Å². The molecule has 0 amide bonds. The van der Waals surface area contributed by atoms with Gasteiger partial charge in [0.25, 0.3) is 0 Å². The Labute approximate surface area is 341 Å². The molecular formula is C56H36N2O. The average Bonchev–Trinajstić information content (AvgIpc) is 3.84. The zero-order valence-corrected chi connectivity index (χ0v) is 32.1. The van der Waals surface area contributed by atoms with Crippen LogP contribution in [0.5, 0.6) is 0 Å². The SMILES string of the molecule is c1ccc(-n2c3ccccc3c3oc4c(-c5cccc(N(c6ccc(-c7cccc8ccccc78)cc6)c6ccc7c(ccc8ccccc87)c6)c5)cccc4c32)cc1. The van der Waals surface area contributed by atoms with Gasteiger partial charge in [-0.1, -0.05) is 152 Å². The highest BCUT2D eigenvalue weighted by Gasteiger charge is 2.22. The molecule has 0 aliphatic rings. The van der Waals surface area contributed by atoms with Gasteiger partial charge in [0.1, 0.15) is 11.1 Å². The summed E-state index contributed by atoms with van der Waals surface area (Å²) in [5.74, 6) is 0. The fraction of sp³-hybridized carbons (Fsp3) is 0. The summed E-state index contributed by atoms with van der Waals surface area (Å²) in [5.41, 5.74) is 12.9. The summed E-state index contributed by atoms with van der Waals surface area (Å²) in [5, 5.41) is 9.64. The molecule has 3 nitrogen and oxygen atoms in total. The molecule has 0 spiro atoms. The lowest BCUT2D eigenvalue weighted by Gasteiger charge is -2.27. The molecule has 0 bridgehead atoms. The molecule has 3 heteroatoms. The van der Waals surface area contributed by atoms with Crippen molar-refractivity contribution >= 4 is 82.4 Å². The van der Waals surface area contributed by atoms with E-state index in [4.69, 9.17) is 4.42 Å². The summed E-state index contributed by atoms with van der Waals surface area (Å²) in [6, 6.07) is 78.6. The normalized spacial score (nSPS) is 11.7. The van der Waals surface area contributed by atoms with Crippen LogP contribution in [0.15, 0.2) is 223 Å². The molecule has 0 aliphatic heterocycles. The van der Waals surface area contributed by atoms with Crippen molar-refractivity contribution in [2.75, 3.05) is 4.90 Å². The van der Waals surface area contributed by atoms with Crippen molar-refractivity contribution in [2.45, 2.75) is 0 Å².